The average Bonchev–Trinajstić information content (AvgIpc) is 2.41. The number of halogens is 1. The number of amides is 1. The summed E-state index contributed by atoms with van der Waals surface area (Å²) in [4.78, 5) is 16.4. The van der Waals surface area contributed by atoms with E-state index in [9.17, 15) is 9.18 Å². The largest absolute Gasteiger partial charge is 0.351 e. The van der Waals surface area contributed by atoms with Gasteiger partial charge in [0.25, 0.3) is 5.91 Å². The third-order valence-electron chi connectivity index (χ3n) is 3.42. The maximum Gasteiger partial charge on any atom is 0.251 e. The van der Waals surface area contributed by atoms with Crippen LogP contribution >= 0.6 is 0 Å². The third-order valence-corrected chi connectivity index (χ3v) is 3.42. The molecular formula is C14H20FN3O. The van der Waals surface area contributed by atoms with E-state index in [1.165, 1.54) is 24.3 Å². The second kappa shape index (κ2) is 6.63. The van der Waals surface area contributed by atoms with Crippen molar-refractivity contribution in [2.45, 2.75) is 0 Å². The Hall–Kier alpha value is -1.46. The summed E-state index contributed by atoms with van der Waals surface area (Å²) in [6.45, 7) is 5.73. The van der Waals surface area contributed by atoms with Gasteiger partial charge in [-0.05, 0) is 31.3 Å². The molecule has 0 atom stereocenters. The van der Waals surface area contributed by atoms with Gasteiger partial charge in [0.15, 0.2) is 0 Å². The minimum absolute atomic E-state index is 0.144. The van der Waals surface area contributed by atoms with Gasteiger partial charge in [-0.1, -0.05) is 0 Å². The number of carbonyl (C=O) groups excluding carboxylic acids is 1. The molecule has 0 aliphatic carbocycles. The van der Waals surface area contributed by atoms with Crippen LogP contribution in [0.15, 0.2) is 24.3 Å². The lowest BCUT2D eigenvalue weighted by Crippen LogP contribution is -2.46. The average molecular weight is 265 g/mol. The molecule has 1 fully saturated rings. The Labute approximate surface area is 113 Å². The van der Waals surface area contributed by atoms with Gasteiger partial charge in [0.2, 0.25) is 0 Å². The van der Waals surface area contributed by atoms with Crippen molar-refractivity contribution >= 4 is 5.91 Å². The van der Waals surface area contributed by atoms with Crippen LogP contribution in [0, 0.1) is 5.82 Å². The monoisotopic (exact) mass is 265 g/mol. The van der Waals surface area contributed by atoms with Crippen LogP contribution in [0.2, 0.25) is 0 Å². The first-order chi connectivity index (χ1) is 9.15. The number of benzene rings is 1. The second-order valence-corrected chi connectivity index (χ2v) is 4.91. The van der Waals surface area contributed by atoms with Gasteiger partial charge in [0, 0.05) is 44.8 Å². The quantitative estimate of drug-likeness (QED) is 0.875. The number of likely N-dealkylation sites (N-methyl/N-ethyl adjacent to an activating group) is 1. The molecule has 0 radical (unpaired) electrons. The van der Waals surface area contributed by atoms with Crippen molar-refractivity contribution in [2.75, 3.05) is 46.3 Å². The van der Waals surface area contributed by atoms with Crippen molar-refractivity contribution < 1.29 is 9.18 Å². The van der Waals surface area contributed by atoms with Crippen LogP contribution in [0.5, 0.6) is 0 Å². The zero-order valence-electron chi connectivity index (χ0n) is 11.2. The Morgan fingerprint density at radius 1 is 1.21 bits per heavy atom. The molecule has 0 unspecified atom stereocenters. The maximum atomic E-state index is 12.7. The van der Waals surface area contributed by atoms with Crippen LogP contribution in [0.1, 0.15) is 10.4 Å². The molecule has 5 heteroatoms. The van der Waals surface area contributed by atoms with E-state index in [1.54, 1.807) is 0 Å². The summed E-state index contributed by atoms with van der Waals surface area (Å²) in [5, 5.41) is 2.86. The van der Waals surface area contributed by atoms with Crippen LogP contribution in [-0.2, 0) is 0 Å². The highest BCUT2D eigenvalue weighted by Gasteiger charge is 2.13. The minimum Gasteiger partial charge on any atom is -0.351 e. The van der Waals surface area contributed by atoms with E-state index >= 15 is 0 Å². The van der Waals surface area contributed by atoms with Crippen molar-refractivity contribution in [1.82, 2.24) is 15.1 Å². The smallest absolute Gasteiger partial charge is 0.251 e. The zero-order chi connectivity index (χ0) is 13.7. The summed E-state index contributed by atoms with van der Waals surface area (Å²) >= 11 is 0. The highest BCUT2D eigenvalue weighted by atomic mass is 19.1. The number of carbonyl (C=O) groups is 1. The number of hydrogen-bond acceptors (Lipinski definition) is 3. The van der Waals surface area contributed by atoms with E-state index in [0.29, 0.717) is 12.1 Å². The molecule has 1 heterocycles. The summed E-state index contributed by atoms with van der Waals surface area (Å²) in [7, 11) is 2.12. The maximum absolute atomic E-state index is 12.7. The number of nitrogens with zero attached hydrogens (tertiary/aromatic N) is 2. The van der Waals surface area contributed by atoms with E-state index in [2.05, 4.69) is 22.2 Å². The summed E-state index contributed by atoms with van der Waals surface area (Å²) in [5.41, 5.74) is 0.500. The molecule has 1 aromatic carbocycles. The van der Waals surface area contributed by atoms with E-state index in [1.807, 2.05) is 0 Å². The highest BCUT2D eigenvalue weighted by molar-refractivity contribution is 5.94. The third kappa shape index (κ3) is 4.29. The summed E-state index contributed by atoms with van der Waals surface area (Å²) in [6.07, 6.45) is 0. The fraction of sp³-hybridized carbons (Fsp3) is 0.500. The van der Waals surface area contributed by atoms with Crippen molar-refractivity contribution in [3.05, 3.63) is 35.6 Å². The summed E-state index contributed by atoms with van der Waals surface area (Å²) in [6, 6.07) is 5.60. The van der Waals surface area contributed by atoms with Gasteiger partial charge in [-0.3, -0.25) is 9.69 Å². The van der Waals surface area contributed by atoms with Crippen molar-refractivity contribution in [2.24, 2.45) is 0 Å². The van der Waals surface area contributed by atoms with Crippen molar-refractivity contribution in [1.29, 1.82) is 0 Å². The highest BCUT2D eigenvalue weighted by Crippen LogP contribution is 2.02. The molecule has 1 N–H and O–H groups in total. The van der Waals surface area contributed by atoms with Gasteiger partial charge < -0.3 is 10.2 Å². The van der Waals surface area contributed by atoms with Crippen molar-refractivity contribution in [3.8, 4) is 0 Å². The summed E-state index contributed by atoms with van der Waals surface area (Å²) in [5.74, 6) is -0.469. The van der Waals surface area contributed by atoms with Crippen molar-refractivity contribution in [3.63, 3.8) is 0 Å². The molecule has 0 aromatic heterocycles. The molecule has 2 rings (SSSR count). The van der Waals surface area contributed by atoms with E-state index in [0.717, 1.165) is 32.7 Å². The lowest BCUT2D eigenvalue weighted by molar-refractivity contribution is 0.0941. The number of rotatable bonds is 4. The van der Waals surface area contributed by atoms with E-state index < -0.39 is 0 Å². The van der Waals surface area contributed by atoms with Crippen LogP contribution in [0.25, 0.3) is 0 Å². The first-order valence-electron chi connectivity index (χ1n) is 6.60. The first-order valence-corrected chi connectivity index (χ1v) is 6.60. The van der Waals surface area contributed by atoms with E-state index in [-0.39, 0.29) is 11.7 Å². The first kappa shape index (κ1) is 14.0. The standard InChI is InChI=1S/C14H20FN3O/c1-17-8-10-18(11-9-17)7-6-16-14(19)12-2-4-13(15)5-3-12/h2-5H,6-11H2,1H3,(H,16,19). The van der Waals surface area contributed by atoms with Gasteiger partial charge in [-0.25, -0.2) is 4.39 Å². The molecule has 1 saturated heterocycles. The minimum atomic E-state index is -0.325. The van der Waals surface area contributed by atoms with Crippen LogP contribution in [0.3, 0.4) is 0 Å². The fourth-order valence-corrected chi connectivity index (χ4v) is 2.10. The number of piperazine rings is 1. The second-order valence-electron chi connectivity index (χ2n) is 4.91. The van der Waals surface area contributed by atoms with Gasteiger partial charge in [0.05, 0.1) is 0 Å². The normalized spacial score (nSPS) is 17.4. The lowest BCUT2D eigenvalue weighted by atomic mass is 10.2. The van der Waals surface area contributed by atoms with Crippen LogP contribution < -0.4 is 5.32 Å². The SMILES string of the molecule is CN1CCN(CCNC(=O)c2ccc(F)cc2)CC1. The molecule has 0 saturated carbocycles. The predicted octanol–water partition coefficient (Wildman–Crippen LogP) is 0.803. The Balaban J connectivity index is 1.70. The summed E-state index contributed by atoms with van der Waals surface area (Å²) < 4.78 is 12.7. The van der Waals surface area contributed by atoms with Gasteiger partial charge in [0.1, 0.15) is 5.82 Å². The zero-order valence-corrected chi connectivity index (χ0v) is 11.2. The molecule has 19 heavy (non-hydrogen) atoms. The molecule has 4 nitrogen and oxygen atoms in total. The van der Waals surface area contributed by atoms with Gasteiger partial charge in [-0.15, -0.1) is 0 Å². The van der Waals surface area contributed by atoms with Crippen LogP contribution in [-0.4, -0.2) is 62.0 Å². The Morgan fingerprint density at radius 3 is 2.47 bits per heavy atom. The number of hydrogen-bond donors (Lipinski definition) is 1. The topological polar surface area (TPSA) is 35.6 Å². The Bertz CT molecular complexity index is 413. The Morgan fingerprint density at radius 2 is 1.84 bits per heavy atom. The van der Waals surface area contributed by atoms with Gasteiger partial charge in [-0.2, -0.15) is 0 Å². The van der Waals surface area contributed by atoms with E-state index in [4.69, 9.17) is 0 Å². The molecule has 104 valence electrons. The van der Waals surface area contributed by atoms with Crippen LogP contribution in [0.4, 0.5) is 4.39 Å². The molecule has 1 aromatic rings. The fourth-order valence-electron chi connectivity index (χ4n) is 2.10. The molecule has 0 bridgehead atoms. The number of nitrogens with one attached hydrogen (secondary N) is 1. The van der Waals surface area contributed by atoms with Gasteiger partial charge >= 0.3 is 0 Å². The molecule has 1 aliphatic heterocycles. The molecule has 1 amide bonds. The molecular weight excluding hydrogens is 245 g/mol. The predicted molar refractivity (Wildman–Crippen MR) is 72.7 cm³/mol. The molecule has 0 spiro atoms. The Kier molecular flexibility index (Phi) is 4.87. The lowest BCUT2D eigenvalue weighted by Gasteiger charge is -2.32. The molecule has 1 aliphatic rings.